The van der Waals surface area contributed by atoms with E-state index in [-0.39, 0.29) is 17.6 Å². The SMILES string of the molecule is O=C(C1CCN(Cc2ccc3c(c2)OCO3)CC1)N1CCN(c2ccccc2F)CC1.O=C(O)C(=O)O. The molecule has 5 rings (SSSR count). The number of nitrogens with zero attached hydrogens (tertiary/aromatic N) is 3. The van der Waals surface area contributed by atoms with Crippen molar-refractivity contribution in [2.24, 2.45) is 5.92 Å². The van der Waals surface area contributed by atoms with Crippen LogP contribution in [0, 0.1) is 11.7 Å². The Kier molecular flexibility index (Phi) is 8.44. The smallest absolute Gasteiger partial charge is 0.414 e. The molecule has 2 aromatic carbocycles. The Balaban J connectivity index is 0.000000480. The molecule has 3 aliphatic heterocycles. The summed E-state index contributed by atoms with van der Waals surface area (Å²) in [5.74, 6) is -1.87. The van der Waals surface area contributed by atoms with Gasteiger partial charge >= 0.3 is 11.9 Å². The number of hydrogen-bond donors (Lipinski definition) is 2. The van der Waals surface area contributed by atoms with E-state index in [0.29, 0.717) is 38.7 Å². The van der Waals surface area contributed by atoms with E-state index in [2.05, 4.69) is 17.0 Å². The van der Waals surface area contributed by atoms with E-state index in [0.717, 1.165) is 44.0 Å². The van der Waals surface area contributed by atoms with Crippen LogP contribution in [0.25, 0.3) is 0 Å². The Hall–Kier alpha value is -3.86. The molecule has 37 heavy (non-hydrogen) atoms. The molecule has 0 bridgehead atoms. The summed E-state index contributed by atoms with van der Waals surface area (Å²) < 4.78 is 24.9. The van der Waals surface area contributed by atoms with Gasteiger partial charge in [-0.2, -0.15) is 0 Å². The zero-order valence-electron chi connectivity index (χ0n) is 20.3. The molecule has 0 unspecified atom stereocenters. The maximum absolute atomic E-state index is 14.0. The van der Waals surface area contributed by atoms with E-state index in [1.54, 1.807) is 6.07 Å². The number of ether oxygens (including phenoxy) is 2. The van der Waals surface area contributed by atoms with Crippen molar-refractivity contribution in [2.45, 2.75) is 19.4 Å². The normalized spacial score (nSPS) is 17.6. The third-order valence-corrected chi connectivity index (χ3v) is 6.75. The topological polar surface area (TPSA) is 120 Å². The van der Waals surface area contributed by atoms with Gasteiger partial charge in [0, 0.05) is 38.6 Å². The summed E-state index contributed by atoms with van der Waals surface area (Å²) in [7, 11) is 0. The van der Waals surface area contributed by atoms with Crippen molar-refractivity contribution in [1.29, 1.82) is 0 Å². The molecule has 2 N–H and O–H groups in total. The van der Waals surface area contributed by atoms with E-state index in [1.165, 1.54) is 11.6 Å². The number of para-hydroxylation sites is 1. The number of fused-ring (bicyclic) bond motifs is 1. The molecule has 2 saturated heterocycles. The van der Waals surface area contributed by atoms with Gasteiger partial charge in [-0.15, -0.1) is 0 Å². The van der Waals surface area contributed by atoms with Crippen molar-refractivity contribution >= 4 is 23.5 Å². The van der Waals surface area contributed by atoms with Crippen molar-refractivity contribution in [2.75, 3.05) is 51.0 Å². The lowest BCUT2D eigenvalue weighted by atomic mass is 9.94. The number of piperidine rings is 1. The first-order chi connectivity index (χ1) is 17.8. The third-order valence-electron chi connectivity index (χ3n) is 6.75. The average Bonchev–Trinajstić information content (AvgIpc) is 3.37. The Morgan fingerprint density at radius 3 is 2.16 bits per heavy atom. The zero-order valence-corrected chi connectivity index (χ0v) is 20.3. The van der Waals surface area contributed by atoms with Crippen molar-refractivity contribution in [3.8, 4) is 11.5 Å². The lowest BCUT2D eigenvalue weighted by Crippen LogP contribution is -2.51. The van der Waals surface area contributed by atoms with E-state index in [4.69, 9.17) is 29.3 Å². The third kappa shape index (κ3) is 6.67. The van der Waals surface area contributed by atoms with Gasteiger partial charge in [0.05, 0.1) is 5.69 Å². The van der Waals surface area contributed by atoms with Gasteiger partial charge in [0.1, 0.15) is 5.82 Å². The van der Waals surface area contributed by atoms with Crippen molar-refractivity contribution < 1.29 is 38.5 Å². The molecule has 0 atom stereocenters. The fourth-order valence-corrected chi connectivity index (χ4v) is 4.77. The van der Waals surface area contributed by atoms with E-state index < -0.39 is 11.9 Å². The van der Waals surface area contributed by atoms with Crippen molar-refractivity contribution in [3.63, 3.8) is 0 Å². The summed E-state index contributed by atoms with van der Waals surface area (Å²) in [5.41, 5.74) is 1.84. The number of rotatable bonds is 4. The second-order valence-corrected chi connectivity index (χ2v) is 9.11. The zero-order chi connectivity index (χ0) is 26.4. The fourth-order valence-electron chi connectivity index (χ4n) is 4.77. The molecule has 198 valence electrons. The molecular weight excluding hydrogens is 485 g/mol. The highest BCUT2D eigenvalue weighted by Gasteiger charge is 2.31. The van der Waals surface area contributed by atoms with Gasteiger partial charge in [-0.3, -0.25) is 9.69 Å². The number of likely N-dealkylation sites (tertiary alicyclic amines) is 1. The summed E-state index contributed by atoms with van der Waals surface area (Å²) >= 11 is 0. The summed E-state index contributed by atoms with van der Waals surface area (Å²) in [6, 6.07) is 13.0. The van der Waals surface area contributed by atoms with Gasteiger partial charge in [0.2, 0.25) is 12.7 Å². The summed E-state index contributed by atoms with van der Waals surface area (Å²) in [6.45, 7) is 5.65. The molecule has 3 aliphatic rings. The van der Waals surface area contributed by atoms with Crippen LogP contribution >= 0.6 is 0 Å². The summed E-state index contributed by atoms with van der Waals surface area (Å²) in [4.78, 5) is 37.6. The average molecular weight is 516 g/mol. The number of carbonyl (C=O) groups is 3. The maximum Gasteiger partial charge on any atom is 0.414 e. The van der Waals surface area contributed by atoms with Crippen LogP contribution in [-0.4, -0.2) is 83.9 Å². The van der Waals surface area contributed by atoms with Crippen LogP contribution in [-0.2, 0) is 20.9 Å². The first-order valence-electron chi connectivity index (χ1n) is 12.2. The van der Waals surface area contributed by atoms with Crippen LogP contribution in [0.3, 0.4) is 0 Å². The minimum absolute atomic E-state index is 0.0908. The maximum atomic E-state index is 14.0. The quantitative estimate of drug-likeness (QED) is 0.591. The number of carboxylic acids is 2. The Morgan fingerprint density at radius 1 is 0.865 bits per heavy atom. The molecule has 0 spiro atoms. The lowest BCUT2D eigenvalue weighted by Gasteiger charge is -2.39. The highest BCUT2D eigenvalue weighted by Crippen LogP contribution is 2.33. The molecule has 0 aromatic heterocycles. The molecule has 3 heterocycles. The number of halogens is 1. The fraction of sp³-hybridized carbons (Fsp3) is 0.423. The molecule has 0 radical (unpaired) electrons. The first-order valence-corrected chi connectivity index (χ1v) is 12.2. The van der Waals surface area contributed by atoms with Crippen molar-refractivity contribution in [1.82, 2.24) is 9.80 Å². The van der Waals surface area contributed by atoms with E-state index in [9.17, 15) is 9.18 Å². The van der Waals surface area contributed by atoms with Gasteiger partial charge < -0.3 is 29.5 Å². The number of aliphatic carboxylic acids is 2. The standard InChI is InChI=1S/C24H28FN3O3.C2H2O4/c25-20-3-1-2-4-21(20)27-11-13-28(14-12-27)24(29)19-7-9-26(10-8-19)16-18-5-6-22-23(15-18)31-17-30-22;3-1(4)2(5)6/h1-6,15,19H,7-14,16-17H2;(H,3,4)(H,5,6). The minimum atomic E-state index is -1.82. The van der Waals surface area contributed by atoms with E-state index >= 15 is 0 Å². The first kappa shape index (κ1) is 26.2. The minimum Gasteiger partial charge on any atom is -0.473 e. The molecule has 1 amide bonds. The summed E-state index contributed by atoms with van der Waals surface area (Å²) in [6.07, 6.45) is 1.77. The second-order valence-electron chi connectivity index (χ2n) is 9.11. The number of amides is 1. The van der Waals surface area contributed by atoms with Gasteiger partial charge in [0.25, 0.3) is 0 Å². The molecule has 2 aromatic rings. The Labute approximate surface area is 213 Å². The molecule has 0 aliphatic carbocycles. The van der Waals surface area contributed by atoms with Crippen LogP contribution in [0.2, 0.25) is 0 Å². The number of carbonyl (C=O) groups excluding carboxylic acids is 1. The van der Waals surface area contributed by atoms with E-state index in [1.807, 2.05) is 28.0 Å². The van der Waals surface area contributed by atoms with Crippen molar-refractivity contribution in [3.05, 3.63) is 53.8 Å². The molecular formula is C26H30FN3O7. The Morgan fingerprint density at radius 2 is 1.51 bits per heavy atom. The van der Waals surface area contributed by atoms with Gasteiger partial charge in [0.15, 0.2) is 11.5 Å². The van der Waals surface area contributed by atoms with Crippen LogP contribution in [0.4, 0.5) is 10.1 Å². The molecule has 2 fully saturated rings. The Bertz CT molecular complexity index is 1120. The van der Waals surface area contributed by atoms with Crippen LogP contribution in [0.5, 0.6) is 11.5 Å². The highest BCUT2D eigenvalue weighted by atomic mass is 19.1. The highest BCUT2D eigenvalue weighted by molar-refractivity contribution is 6.27. The lowest BCUT2D eigenvalue weighted by molar-refractivity contribution is -0.159. The predicted octanol–water partition coefficient (Wildman–Crippen LogP) is 2.27. The number of piperazine rings is 1. The van der Waals surface area contributed by atoms with Crippen LogP contribution in [0.15, 0.2) is 42.5 Å². The number of anilines is 1. The number of carboxylic acid groups (broad SMARTS) is 2. The van der Waals surface area contributed by atoms with Gasteiger partial charge in [-0.05, 0) is 55.8 Å². The second kappa shape index (κ2) is 11.9. The predicted molar refractivity (Wildman–Crippen MR) is 131 cm³/mol. The largest absolute Gasteiger partial charge is 0.473 e. The van der Waals surface area contributed by atoms with Gasteiger partial charge in [-0.25, -0.2) is 14.0 Å². The van der Waals surface area contributed by atoms with Crippen LogP contribution < -0.4 is 14.4 Å². The van der Waals surface area contributed by atoms with Gasteiger partial charge in [-0.1, -0.05) is 18.2 Å². The number of hydrogen-bond acceptors (Lipinski definition) is 7. The molecule has 10 nitrogen and oxygen atoms in total. The monoisotopic (exact) mass is 515 g/mol. The summed E-state index contributed by atoms with van der Waals surface area (Å²) in [5, 5.41) is 14.8. The molecule has 11 heteroatoms. The molecule has 0 saturated carbocycles. The van der Waals surface area contributed by atoms with Crippen LogP contribution in [0.1, 0.15) is 18.4 Å². The number of benzene rings is 2.